The quantitative estimate of drug-likeness (QED) is 0.502. The van der Waals surface area contributed by atoms with Gasteiger partial charge in [-0.1, -0.05) is 31.2 Å². The molecule has 0 atom stereocenters. The van der Waals surface area contributed by atoms with Crippen molar-refractivity contribution in [1.82, 2.24) is 4.98 Å². The third-order valence-electron chi connectivity index (χ3n) is 2.88. The Morgan fingerprint density at radius 3 is 2.52 bits per heavy atom. The molecule has 0 radical (unpaired) electrons. The second-order valence-corrected chi connectivity index (χ2v) is 5.76. The first kappa shape index (κ1) is 16.4. The van der Waals surface area contributed by atoms with E-state index in [1.807, 2.05) is 5.38 Å². The molecule has 114 valence electrons. The summed E-state index contributed by atoms with van der Waals surface area (Å²) >= 11 is 7.39. The van der Waals surface area contributed by atoms with Gasteiger partial charge in [0.25, 0.3) is 0 Å². The molecule has 1 aromatic carbocycles. The van der Waals surface area contributed by atoms with Gasteiger partial charge in [-0.05, 0) is 12.0 Å². The zero-order valence-electron chi connectivity index (χ0n) is 12.2. The zero-order valence-corrected chi connectivity index (χ0v) is 13.8. The molecule has 0 aliphatic heterocycles. The highest BCUT2D eigenvalue weighted by Crippen LogP contribution is 2.24. The van der Waals surface area contributed by atoms with Crippen molar-refractivity contribution >= 4 is 22.9 Å². The molecule has 0 saturated carbocycles. The van der Waals surface area contributed by atoms with E-state index in [0.29, 0.717) is 25.7 Å². The number of thiazole rings is 1. The molecule has 2 aromatic rings. The van der Waals surface area contributed by atoms with Gasteiger partial charge in [-0.2, -0.15) is 0 Å². The van der Waals surface area contributed by atoms with Gasteiger partial charge in [-0.15, -0.1) is 22.9 Å². The molecule has 2 rings (SSSR count). The molecule has 1 heterocycles. The van der Waals surface area contributed by atoms with E-state index >= 15 is 0 Å². The predicted octanol–water partition coefficient (Wildman–Crippen LogP) is 4.49. The summed E-state index contributed by atoms with van der Waals surface area (Å²) in [7, 11) is 0. The maximum atomic E-state index is 5.77. The van der Waals surface area contributed by atoms with E-state index in [2.05, 4.69) is 36.2 Å². The Kier molecular flexibility index (Phi) is 7.16. The molecule has 0 aliphatic rings. The van der Waals surface area contributed by atoms with E-state index in [1.54, 1.807) is 11.3 Å². The minimum atomic E-state index is 0.461. The number of halogens is 1. The Labute approximate surface area is 134 Å². The first-order valence-corrected chi connectivity index (χ1v) is 8.50. The second-order valence-electron chi connectivity index (χ2n) is 4.64. The third-order valence-corrected chi connectivity index (χ3v) is 4.09. The van der Waals surface area contributed by atoms with Crippen molar-refractivity contribution in [1.29, 1.82) is 0 Å². The molecule has 0 fully saturated rings. The van der Waals surface area contributed by atoms with Crippen molar-refractivity contribution in [2.24, 2.45) is 0 Å². The van der Waals surface area contributed by atoms with Crippen LogP contribution in [0.25, 0.3) is 10.6 Å². The number of rotatable bonds is 9. The van der Waals surface area contributed by atoms with E-state index < -0.39 is 0 Å². The molecular weight excluding hydrogens is 306 g/mol. The van der Waals surface area contributed by atoms with Gasteiger partial charge in [-0.25, -0.2) is 4.98 Å². The zero-order chi connectivity index (χ0) is 14.9. The van der Waals surface area contributed by atoms with Gasteiger partial charge in [0.2, 0.25) is 0 Å². The van der Waals surface area contributed by atoms with Crippen molar-refractivity contribution in [3.63, 3.8) is 0 Å². The van der Waals surface area contributed by atoms with Gasteiger partial charge in [0.15, 0.2) is 0 Å². The lowest BCUT2D eigenvalue weighted by Crippen LogP contribution is -2.04. The molecular formula is C16H20ClNO2S. The van der Waals surface area contributed by atoms with Crippen molar-refractivity contribution in [2.75, 3.05) is 19.8 Å². The molecule has 0 spiro atoms. The minimum Gasteiger partial charge on any atom is -0.379 e. The SMILES string of the molecule is CCCOCCOCc1ccc(-c2nc(CCl)cs2)cc1. The fraction of sp³-hybridized carbons (Fsp3) is 0.438. The van der Waals surface area contributed by atoms with Crippen molar-refractivity contribution in [3.05, 3.63) is 40.9 Å². The molecule has 0 N–H and O–H groups in total. The van der Waals surface area contributed by atoms with Crippen molar-refractivity contribution in [3.8, 4) is 10.6 Å². The standard InChI is InChI=1S/C16H20ClNO2S/c1-2-7-19-8-9-20-11-13-3-5-14(6-4-13)16-18-15(10-17)12-21-16/h3-6,12H,2,7-11H2,1H3. The van der Waals surface area contributed by atoms with Crippen LogP contribution in [0.3, 0.4) is 0 Å². The number of alkyl halides is 1. The Hall–Kier alpha value is -0.940. The van der Waals surface area contributed by atoms with Crippen LogP contribution in [0.15, 0.2) is 29.6 Å². The summed E-state index contributed by atoms with van der Waals surface area (Å²) in [6, 6.07) is 8.29. The normalized spacial score (nSPS) is 11.0. The lowest BCUT2D eigenvalue weighted by atomic mass is 10.1. The van der Waals surface area contributed by atoms with Crippen LogP contribution in [0.1, 0.15) is 24.6 Å². The first-order valence-electron chi connectivity index (χ1n) is 7.08. The highest BCUT2D eigenvalue weighted by Gasteiger charge is 2.04. The molecule has 0 bridgehead atoms. The van der Waals surface area contributed by atoms with Gasteiger partial charge in [0.05, 0.1) is 31.4 Å². The van der Waals surface area contributed by atoms with Gasteiger partial charge in [0.1, 0.15) is 5.01 Å². The summed E-state index contributed by atoms with van der Waals surface area (Å²) in [5.41, 5.74) is 3.20. The van der Waals surface area contributed by atoms with Crippen LogP contribution < -0.4 is 0 Å². The van der Waals surface area contributed by atoms with Crippen LogP contribution in [0, 0.1) is 0 Å². The molecule has 0 unspecified atom stereocenters. The number of nitrogens with zero attached hydrogens (tertiary/aromatic N) is 1. The molecule has 21 heavy (non-hydrogen) atoms. The second kappa shape index (κ2) is 9.15. The number of aromatic nitrogens is 1. The summed E-state index contributed by atoms with van der Waals surface area (Å²) in [5.74, 6) is 0.461. The Bertz CT molecular complexity index is 527. The Morgan fingerprint density at radius 1 is 1.10 bits per heavy atom. The molecule has 0 aliphatic carbocycles. The fourth-order valence-electron chi connectivity index (χ4n) is 1.80. The van der Waals surface area contributed by atoms with Gasteiger partial charge in [0, 0.05) is 17.6 Å². The number of benzene rings is 1. The smallest absolute Gasteiger partial charge is 0.123 e. The number of hydrogen-bond acceptors (Lipinski definition) is 4. The average molecular weight is 326 g/mol. The van der Waals surface area contributed by atoms with E-state index in [0.717, 1.165) is 34.9 Å². The molecule has 3 nitrogen and oxygen atoms in total. The largest absolute Gasteiger partial charge is 0.379 e. The topological polar surface area (TPSA) is 31.4 Å². The number of hydrogen-bond donors (Lipinski definition) is 0. The van der Waals surface area contributed by atoms with Gasteiger partial charge in [-0.3, -0.25) is 0 Å². The van der Waals surface area contributed by atoms with E-state index in [9.17, 15) is 0 Å². The maximum absolute atomic E-state index is 5.77. The lowest BCUT2D eigenvalue weighted by molar-refractivity contribution is 0.0408. The summed E-state index contributed by atoms with van der Waals surface area (Å²) in [5, 5.41) is 3.00. The minimum absolute atomic E-state index is 0.461. The monoisotopic (exact) mass is 325 g/mol. The van der Waals surface area contributed by atoms with Gasteiger partial charge >= 0.3 is 0 Å². The summed E-state index contributed by atoms with van der Waals surface area (Å²) in [6.45, 7) is 4.80. The maximum Gasteiger partial charge on any atom is 0.123 e. The predicted molar refractivity (Wildman–Crippen MR) is 87.9 cm³/mol. The van der Waals surface area contributed by atoms with Crippen LogP contribution >= 0.6 is 22.9 Å². The lowest BCUT2D eigenvalue weighted by Gasteiger charge is -2.05. The molecule has 5 heteroatoms. The third kappa shape index (κ3) is 5.40. The molecule has 0 saturated heterocycles. The van der Waals surface area contributed by atoms with Crippen molar-refractivity contribution < 1.29 is 9.47 Å². The highest BCUT2D eigenvalue weighted by atomic mass is 35.5. The van der Waals surface area contributed by atoms with E-state index in [-0.39, 0.29) is 0 Å². The molecule has 0 amide bonds. The van der Waals surface area contributed by atoms with E-state index in [4.69, 9.17) is 21.1 Å². The highest BCUT2D eigenvalue weighted by molar-refractivity contribution is 7.13. The summed E-state index contributed by atoms with van der Waals surface area (Å²) < 4.78 is 10.9. The van der Waals surface area contributed by atoms with Crippen LogP contribution in [0.4, 0.5) is 0 Å². The summed E-state index contributed by atoms with van der Waals surface area (Å²) in [4.78, 5) is 4.47. The van der Waals surface area contributed by atoms with Crippen LogP contribution in [0.2, 0.25) is 0 Å². The Balaban J connectivity index is 1.79. The van der Waals surface area contributed by atoms with Crippen molar-refractivity contribution in [2.45, 2.75) is 25.8 Å². The van der Waals surface area contributed by atoms with Gasteiger partial charge < -0.3 is 9.47 Å². The van der Waals surface area contributed by atoms with Crippen LogP contribution in [-0.2, 0) is 22.0 Å². The first-order chi connectivity index (χ1) is 10.3. The number of ether oxygens (including phenoxy) is 2. The molecule has 1 aromatic heterocycles. The van der Waals surface area contributed by atoms with Crippen LogP contribution in [-0.4, -0.2) is 24.8 Å². The average Bonchev–Trinajstić information content (AvgIpc) is 3.00. The Morgan fingerprint density at radius 2 is 1.86 bits per heavy atom. The fourth-order valence-corrected chi connectivity index (χ4v) is 2.85. The van der Waals surface area contributed by atoms with E-state index in [1.165, 1.54) is 0 Å². The summed E-state index contributed by atoms with van der Waals surface area (Å²) in [6.07, 6.45) is 1.05. The van der Waals surface area contributed by atoms with Crippen LogP contribution in [0.5, 0.6) is 0 Å².